The molecule has 3 heteroatoms. The number of benzene rings is 1. The van der Waals surface area contributed by atoms with Crippen LogP contribution < -0.4 is 5.53 Å². The Balaban J connectivity index is 2.19. The summed E-state index contributed by atoms with van der Waals surface area (Å²) in [7, 11) is 0. The molecule has 19 heavy (non-hydrogen) atoms. The molecule has 0 aliphatic carbocycles. The summed E-state index contributed by atoms with van der Waals surface area (Å²) in [6, 6.07) is 10.2. The van der Waals surface area contributed by atoms with Crippen LogP contribution in [0.3, 0.4) is 0 Å². The lowest BCUT2D eigenvalue weighted by Crippen LogP contribution is -2.21. The molecule has 2 rings (SSSR count). The minimum atomic E-state index is 0.757. The van der Waals surface area contributed by atoms with Crippen molar-refractivity contribution in [2.75, 3.05) is 0 Å². The summed E-state index contributed by atoms with van der Waals surface area (Å²) in [4.78, 5) is 0. The summed E-state index contributed by atoms with van der Waals surface area (Å²) in [6.07, 6.45) is 8.08. The highest BCUT2D eigenvalue weighted by atomic mass is 15.5. The van der Waals surface area contributed by atoms with Gasteiger partial charge in [-0.2, -0.15) is 15.7 Å². The van der Waals surface area contributed by atoms with E-state index in [0.29, 0.717) is 0 Å². The summed E-state index contributed by atoms with van der Waals surface area (Å²) in [5, 5.41) is 8.58. The van der Waals surface area contributed by atoms with Crippen molar-refractivity contribution >= 4 is 11.4 Å². The van der Waals surface area contributed by atoms with Crippen LogP contribution in [0.2, 0.25) is 0 Å². The fraction of sp³-hybridized carbons (Fsp3) is 0.250. The molecular formula is C16H19N3. The van der Waals surface area contributed by atoms with Crippen molar-refractivity contribution < 1.29 is 0 Å². The molecule has 0 saturated carbocycles. The van der Waals surface area contributed by atoms with Crippen molar-refractivity contribution in [1.82, 2.24) is 5.53 Å². The Morgan fingerprint density at radius 3 is 2.74 bits per heavy atom. The molecule has 1 aliphatic heterocycles. The number of nitrogens with zero attached hydrogens (tertiary/aromatic N) is 2. The molecule has 0 radical (unpaired) electrons. The Morgan fingerprint density at radius 2 is 2.05 bits per heavy atom. The predicted molar refractivity (Wildman–Crippen MR) is 81.4 cm³/mol. The summed E-state index contributed by atoms with van der Waals surface area (Å²) >= 11 is 0. The first-order valence-electron chi connectivity index (χ1n) is 6.62. The minimum Gasteiger partial charge on any atom is -0.198 e. The first kappa shape index (κ1) is 13.3. The molecule has 0 spiro atoms. The smallest absolute Gasteiger partial charge is 0.0756 e. The number of hydrazone groups is 2. The van der Waals surface area contributed by atoms with Crippen LogP contribution in [-0.4, -0.2) is 11.4 Å². The predicted octanol–water partition coefficient (Wildman–Crippen LogP) is 3.65. The zero-order chi connectivity index (χ0) is 13.5. The molecule has 0 unspecified atom stereocenters. The standard InChI is InChI=1S/C16H19N3/c1-3-8-13(9-4-2)15-12-16(18-19-17-15)14-10-6-5-7-11-14/h3,5-11,19H,4,12H2,1-2H3/b8-3-,13-9+. The Bertz CT molecular complexity index is 536. The van der Waals surface area contributed by atoms with E-state index < -0.39 is 0 Å². The van der Waals surface area contributed by atoms with E-state index in [2.05, 4.69) is 46.9 Å². The van der Waals surface area contributed by atoms with E-state index in [1.54, 1.807) is 0 Å². The van der Waals surface area contributed by atoms with Crippen LogP contribution in [0.15, 0.2) is 64.3 Å². The topological polar surface area (TPSA) is 36.8 Å². The van der Waals surface area contributed by atoms with Gasteiger partial charge in [0.05, 0.1) is 11.4 Å². The molecule has 0 bridgehead atoms. The lowest BCUT2D eigenvalue weighted by molar-refractivity contribution is 0.790. The fourth-order valence-corrected chi connectivity index (χ4v) is 2.03. The van der Waals surface area contributed by atoms with Gasteiger partial charge < -0.3 is 0 Å². The molecule has 0 atom stereocenters. The zero-order valence-electron chi connectivity index (χ0n) is 11.4. The van der Waals surface area contributed by atoms with Crippen LogP contribution in [0.1, 0.15) is 32.3 Å². The molecule has 0 fully saturated rings. The summed E-state index contributed by atoms with van der Waals surface area (Å²) < 4.78 is 0. The molecule has 1 aromatic rings. The van der Waals surface area contributed by atoms with Gasteiger partial charge in [-0.15, -0.1) is 0 Å². The van der Waals surface area contributed by atoms with Crippen LogP contribution >= 0.6 is 0 Å². The van der Waals surface area contributed by atoms with E-state index in [9.17, 15) is 0 Å². The third kappa shape index (κ3) is 3.41. The molecule has 0 aromatic heterocycles. The number of hydrogen-bond acceptors (Lipinski definition) is 3. The molecule has 0 saturated heterocycles. The van der Waals surface area contributed by atoms with Gasteiger partial charge in [0.1, 0.15) is 0 Å². The van der Waals surface area contributed by atoms with Gasteiger partial charge in [0, 0.05) is 6.42 Å². The van der Waals surface area contributed by atoms with Crippen molar-refractivity contribution in [2.45, 2.75) is 26.7 Å². The highest BCUT2D eigenvalue weighted by Crippen LogP contribution is 2.14. The third-order valence-electron chi connectivity index (χ3n) is 2.92. The molecule has 98 valence electrons. The first-order valence-corrected chi connectivity index (χ1v) is 6.62. The van der Waals surface area contributed by atoms with Gasteiger partial charge in [0.25, 0.3) is 0 Å². The summed E-state index contributed by atoms with van der Waals surface area (Å²) in [5.41, 5.74) is 7.15. The van der Waals surface area contributed by atoms with Gasteiger partial charge in [-0.05, 0) is 24.5 Å². The van der Waals surface area contributed by atoms with Gasteiger partial charge in [-0.25, -0.2) is 0 Å². The molecule has 0 amide bonds. The van der Waals surface area contributed by atoms with Gasteiger partial charge in [0.15, 0.2) is 0 Å². The SMILES string of the molecule is C/C=C\C(=C/CC)C1=NNN=C(c2ccccc2)C1. The Morgan fingerprint density at radius 1 is 1.26 bits per heavy atom. The summed E-state index contributed by atoms with van der Waals surface area (Å²) in [6.45, 7) is 4.15. The lowest BCUT2D eigenvalue weighted by Gasteiger charge is -2.14. The maximum Gasteiger partial charge on any atom is 0.0756 e. The van der Waals surface area contributed by atoms with E-state index >= 15 is 0 Å². The van der Waals surface area contributed by atoms with E-state index in [0.717, 1.165) is 29.8 Å². The van der Waals surface area contributed by atoms with E-state index in [4.69, 9.17) is 0 Å². The van der Waals surface area contributed by atoms with Crippen molar-refractivity contribution in [3.05, 3.63) is 59.7 Å². The maximum absolute atomic E-state index is 4.30. The molecule has 1 aliphatic rings. The largest absolute Gasteiger partial charge is 0.198 e. The monoisotopic (exact) mass is 253 g/mol. The van der Waals surface area contributed by atoms with Gasteiger partial charge in [0.2, 0.25) is 0 Å². The highest BCUT2D eigenvalue weighted by Gasteiger charge is 2.14. The normalized spacial score (nSPS) is 16.0. The van der Waals surface area contributed by atoms with Crippen LogP contribution in [0.5, 0.6) is 0 Å². The van der Waals surface area contributed by atoms with Gasteiger partial charge >= 0.3 is 0 Å². The van der Waals surface area contributed by atoms with Crippen LogP contribution in [0.4, 0.5) is 0 Å². The Hall–Kier alpha value is -2.16. The molecule has 1 N–H and O–H groups in total. The fourth-order valence-electron chi connectivity index (χ4n) is 2.03. The van der Waals surface area contributed by atoms with Crippen LogP contribution in [-0.2, 0) is 0 Å². The van der Waals surface area contributed by atoms with Crippen LogP contribution in [0, 0.1) is 0 Å². The number of allylic oxidation sites excluding steroid dienone is 4. The van der Waals surface area contributed by atoms with Crippen LogP contribution in [0.25, 0.3) is 0 Å². The molecule has 1 heterocycles. The third-order valence-corrected chi connectivity index (χ3v) is 2.92. The number of nitrogens with one attached hydrogen (secondary N) is 1. The van der Waals surface area contributed by atoms with Crippen molar-refractivity contribution in [1.29, 1.82) is 0 Å². The second kappa shape index (κ2) is 6.69. The maximum atomic E-state index is 4.30. The minimum absolute atomic E-state index is 0.757. The average molecular weight is 253 g/mol. The number of rotatable bonds is 4. The number of hydrogen-bond donors (Lipinski definition) is 1. The zero-order valence-corrected chi connectivity index (χ0v) is 11.4. The molecular weight excluding hydrogens is 234 g/mol. The van der Waals surface area contributed by atoms with Gasteiger partial charge in [-0.3, -0.25) is 0 Å². The lowest BCUT2D eigenvalue weighted by atomic mass is 9.99. The quantitative estimate of drug-likeness (QED) is 0.817. The van der Waals surface area contributed by atoms with E-state index in [1.165, 1.54) is 5.57 Å². The average Bonchev–Trinajstić information content (AvgIpc) is 2.48. The van der Waals surface area contributed by atoms with E-state index in [-0.39, 0.29) is 0 Å². The Kier molecular flexibility index (Phi) is 4.67. The van der Waals surface area contributed by atoms with Crippen molar-refractivity contribution in [2.24, 2.45) is 10.2 Å². The Labute approximate surface area is 114 Å². The summed E-state index contributed by atoms with van der Waals surface area (Å²) in [5.74, 6) is 0. The van der Waals surface area contributed by atoms with Gasteiger partial charge in [-0.1, -0.05) is 55.5 Å². The highest BCUT2D eigenvalue weighted by molar-refractivity contribution is 6.19. The second-order valence-corrected chi connectivity index (χ2v) is 4.33. The van der Waals surface area contributed by atoms with E-state index in [1.807, 2.05) is 31.2 Å². The molecule has 1 aromatic carbocycles. The van der Waals surface area contributed by atoms with Crippen molar-refractivity contribution in [3.8, 4) is 0 Å². The first-order chi connectivity index (χ1) is 9.35. The van der Waals surface area contributed by atoms with Crippen molar-refractivity contribution in [3.63, 3.8) is 0 Å². The second-order valence-electron chi connectivity index (χ2n) is 4.33. The molecule has 3 nitrogen and oxygen atoms in total.